The summed E-state index contributed by atoms with van der Waals surface area (Å²) in [5, 5.41) is 9.85. The van der Waals surface area contributed by atoms with E-state index in [0.717, 1.165) is 0 Å². The van der Waals surface area contributed by atoms with Gasteiger partial charge in [-0.15, -0.1) is 0 Å². The Morgan fingerprint density at radius 2 is 2.20 bits per heavy atom. The van der Waals surface area contributed by atoms with Crippen molar-refractivity contribution in [3.8, 4) is 0 Å². The molecule has 0 radical (unpaired) electrons. The summed E-state index contributed by atoms with van der Waals surface area (Å²) in [7, 11) is 0. The van der Waals surface area contributed by atoms with E-state index in [9.17, 15) is 0 Å². The Morgan fingerprint density at radius 1 is 1.50 bits per heavy atom. The summed E-state index contributed by atoms with van der Waals surface area (Å²) >= 11 is 0. The topological polar surface area (TPSA) is 87.9 Å². The van der Waals surface area contributed by atoms with Gasteiger partial charge in [0.1, 0.15) is 5.84 Å². The van der Waals surface area contributed by atoms with Gasteiger partial charge in [0.25, 0.3) is 0 Å². The van der Waals surface area contributed by atoms with Gasteiger partial charge in [0.2, 0.25) is 0 Å². The molecule has 0 amide bonds. The fraction of sp³-hybridized carbons (Fsp3) is 0.167. The Bertz CT molecular complexity index is 206. The van der Waals surface area contributed by atoms with Crippen molar-refractivity contribution < 1.29 is 0 Å². The molecule has 0 aliphatic carbocycles. The molecular weight excluding hydrogens is 128 g/mol. The summed E-state index contributed by atoms with van der Waals surface area (Å²) in [4.78, 5) is 0. The molecule has 1 atom stereocenters. The summed E-state index contributed by atoms with van der Waals surface area (Å²) < 4.78 is 0. The van der Waals surface area contributed by atoms with Crippen LogP contribution in [0, 0.1) is 5.41 Å². The summed E-state index contributed by atoms with van der Waals surface area (Å²) in [6, 6.07) is 0. The average molecular weight is 138 g/mol. The third-order valence-corrected chi connectivity index (χ3v) is 1.33. The number of rotatable bonds is 1. The van der Waals surface area contributed by atoms with Gasteiger partial charge in [-0.3, -0.25) is 11.1 Å². The second-order valence-corrected chi connectivity index (χ2v) is 2.15. The van der Waals surface area contributed by atoms with Crippen molar-refractivity contribution in [3.63, 3.8) is 0 Å². The van der Waals surface area contributed by atoms with E-state index in [1.54, 1.807) is 24.4 Å². The van der Waals surface area contributed by atoms with Gasteiger partial charge in [-0.2, -0.15) is 0 Å². The highest BCUT2D eigenvalue weighted by Gasteiger charge is 2.24. The van der Waals surface area contributed by atoms with Gasteiger partial charge in [0.15, 0.2) is 5.66 Å². The van der Waals surface area contributed by atoms with E-state index in [1.165, 1.54) is 0 Å². The zero-order chi connectivity index (χ0) is 7.61. The first-order chi connectivity index (χ1) is 4.65. The predicted octanol–water partition coefficient (Wildman–Crippen LogP) is -0.750. The van der Waals surface area contributed by atoms with E-state index in [4.69, 9.17) is 16.9 Å². The molecule has 0 aromatic carbocycles. The molecule has 0 aromatic heterocycles. The van der Waals surface area contributed by atoms with Gasteiger partial charge in [0.05, 0.1) is 0 Å². The molecule has 4 nitrogen and oxygen atoms in total. The number of dihydropyridines is 1. The SMILES string of the molecule is N=C(N)C1(N)C=CC=CN1. The molecule has 1 heterocycles. The molecule has 1 aliphatic heterocycles. The fourth-order valence-electron chi connectivity index (χ4n) is 0.665. The van der Waals surface area contributed by atoms with E-state index in [1.807, 2.05) is 0 Å². The molecular formula is C6H10N4. The van der Waals surface area contributed by atoms with Gasteiger partial charge in [0, 0.05) is 0 Å². The quantitative estimate of drug-likeness (QED) is 0.284. The van der Waals surface area contributed by atoms with Crippen LogP contribution in [0.2, 0.25) is 0 Å². The molecule has 0 fully saturated rings. The van der Waals surface area contributed by atoms with Crippen LogP contribution >= 0.6 is 0 Å². The van der Waals surface area contributed by atoms with E-state index < -0.39 is 5.66 Å². The summed E-state index contributed by atoms with van der Waals surface area (Å²) in [6.45, 7) is 0. The Labute approximate surface area is 59.1 Å². The molecule has 54 valence electrons. The average Bonchev–Trinajstić information content (AvgIpc) is 1.89. The third-order valence-electron chi connectivity index (χ3n) is 1.33. The lowest BCUT2D eigenvalue weighted by molar-refractivity contribution is 0.609. The Hall–Kier alpha value is -1.29. The van der Waals surface area contributed by atoms with Gasteiger partial charge in [-0.05, 0) is 18.4 Å². The highest BCUT2D eigenvalue weighted by molar-refractivity contribution is 5.89. The number of hydrogen-bond acceptors (Lipinski definition) is 3. The zero-order valence-electron chi connectivity index (χ0n) is 5.46. The molecule has 10 heavy (non-hydrogen) atoms. The minimum absolute atomic E-state index is 0.0897. The van der Waals surface area contributed by atoms with Gasteiger partial charge in [-0.25, -0.2) is 0 Å². The lowest BCUT2D eigenvalue weighted by atomic mass is 10.1. The molecule has 6 N–H and O–H groups in total. The maximum absolute atomic E-state index is 7.09. The van der Waals surface area contributed by atoms with Crippen LogP contribution in [-0.2, 0) is 0 Å². The van der Waals surface area contributed by atoms with E-state index in [0.29, 0.717) is 0 Å². The summed E-state index contributed by atoms with van der Waals surface area (Å²) in [5.74, 6) is -0.0897. The van der Waals surface area contributed by atoms with Gasteiger partial charge in [-0.1, -0.05) is 6.08 Å². The second-order valence-electron chi connectivity index (χ2n) is 2.15. The molecule has 0 saturated carbocycles. The van der Waals surface area contributed by atoms with Crippen molar-refractivity contribution in [1.82, 2.24) is 5.32 Å². The van der Waals surface area contributed by atoms with Crippen molar-refractivity contribution in [2.75, 3.05) is 0 Å². The lowest BCUT2D eigenvalue weighted by Crippen LogP contribution is -2.59. The predicted molar refractivity (Wildman–Crippen MR) is 40.2 cm³/mol. The Morgan fingerprint density at radius 3 is 2.50 bits per heavy atom. The third kappa shape index (κ3) is 1.01. The van der Waals surface area contributed by atoms with Crippen molar-refractivity contribution in [3.05, 3.63) is 24.4 Å². The van der Waals surface area contributed by atoms with E-state index in [2.05, 4.69) is 5.32 Å². The van der Waals surface area contributed by atoms with Crippen molar-refractivity contribution in [1.29, 1.82) is 5.41 Å². The minimum atomic E-state index is -0.977. The highest BCUT2D eigenvalue weighted by atomic mass is 15.1. The zero-order valence-corrected chi connectivity index (χ0v) is 5.46. The van der Waals surface area contributed by atoms with Crippen molar-refractivity contribution in [2.24, 2.45) is 11.5 Å². The number of amidine groups is 1. The van der Waals surface area contributed by atoms with Crippen LogP contribution in [0.4, 0.5) is 0 Å². The Balaban J connectivity index is 2.80. The van der Waals surface area contributed by atoms with Crippen LogP contribution in [0.15, 0.2) is 24.4 Å². The number of nitrogens with two attached hydrogens (primary N) is 2. The standard InChI is InChI=1S/C6H10N4/c7-5(8)6(9)3-1-2-4-10-6/h1-4,10H,9H2,(H3,7,8). The molecule has 1 unspecified atom stereocenters. The molecule has 4 heteroatoms. The van der Waals surface area contributed by atoms with Crippen LogP contribution in [-0.4, -0.2) is 11.5 Å². The lowest BCUT2D eigenvalue weighted by Gasteiger charge is -2.26. The van der Waals surface area contributed by atoms with Crippen LogP contribution in [0.25, 0.3) is 0 Å². The number of allylic oxidation sites excluding steroid dienone is 2. The maximum Gasteiger partial charge on any atom is 0.163 e. The molecule has 1 rings (SSSR count). The van der Waals surface area contributed by atoms with Crippen LogP contribution in [0.3, 0.4) is 0 Å². The normalized spacial score (nSPS) is 29.7. The molecule has 0 spiro atoms. The molecule has 0 bridgehead atoms. The minimum Gasteiger partial charge on any atom is -0.384 e. The van der Waals surface area contributed by atoms with Crippen LogP contribution in [0.1, 0.15) is 0 Å². The molecule has 0 saturated heterocycles. The first-order valence-corrected chi connectivity index (χ1v) is 2.90. The van der Waals surface area contributed by atoms with Gasteiger partial charge >= 0.3 is 0 Å². The number of nitrogens with one attached hydrogen (secondary N) is 2. The maximum atomic E-state index is 7.09. The van der Waals surface area contributed by atoms with Crippen molar-refractivity contribution >= 4 is 5.84 Å². The summed E-state index contributed by atoms with van der Waals surface area (Å²) in [5.41, 5.74) is 9.84. The Kier molecular flexibility index (Phi) is 1.47. The first kappa shape index (κ1) is 6.82. The fourth-order valence-corrected chi connectivity index (χ4v) is 0.665. The highest BCUT2D eigenvalue weighted by Crippen LogP contribution is 2.01. The van der Waals surface area contributed by atoms with E-state index >= 15 is 0 Å². The second kappa shape index (κ2) is 2.15. The van der Waals surface area contributed by atoms with Crippen molar-refractivity contribution in [2.45, 2.75) is 5.66 Å². The molecule has 1 aliphatic rings. The smallest absolute Gasteiger partial charge is 0.163 e. The first-order valence-electron chi connectivity index (χ1n) is 2.90. The molecule has 0 aromatic rings. The van der Waals surface area contributed by atoms with Gasteiger partial charge < -0.3 is 11.1 Å². The summed E-state index contributed by atoms with van der Waals surface area (Å²) in [6.07, 6.45) is 6.82. The largest absolute Gasteiger partial charge is 0.384 e. The van der Waals surface area contributed by atoms with Crippen LogP contribution < -0.4 is 16.8 Å². The van der Waals surface area contributed by atoms with E-state index in [-0.39, 0.29) is 5.84 Å². The number of hydrogen-bond donors (Lipinski definition) is 4. The van der Waals surface area contributed by atoms with Crippen LogP contribution in [0.5, 0.6) is 0 Å². The monoisotopic (exact) mass is 138 g/mol.